The lowest BCUT2D eigenvalue weighted by Gasteiger charge is -2.13. The third-order valence-electron chi connectivity index (χ3n) is 2.89. The molecule has 0 aliphatic carbocycles. The molecule has 0 bridgehead atoms. The predicted molar refractivity (Wildman–Crippen MR) is 72.8 cm³/mol. The van der Waals surface area contributed by atoms with Crippen LogP contribution in [0.2, 0.25) is 0 Å². The van der Waals surface area contributed by atoms with E-state index in [-0.39, 0.29) is 5.25 Å². The van der Waals surface area contributed by atoms with Crippen LogP contribution in [0.5, 0.6) is 0 Å². The van der Waals surface area contributed by atoms with Gasteiger partial charge in [0.1, 0.15) is 0 Å². The summed E-state index contributed by atoms with van der Waals surface area (Å²) < 4.78 is 49.0. The molecule has 7 heteroatoms. The first-order valence-electron chi connectivity index (χ1n) is 5.93. The van der Waals surface area contributed by atoms with Crippen molar-refractivity contribution in [1.29, 1.82) is 5.26 Å². The van der Waals surface area contributed by atoms with Crippen molar-refractivity contribution in [2.24, 2.45) is 0 Å². The maximum absolute atomic E-state index is 12.6. The summed E-state index contributed by atoms with van der Waals surface area (Å²) in [4.78, 5) is 0. The summed E-state index contributed by atoms with van der Waals surface area (Å²) in [6.45, 7) is 2.32. The Kier molecular flexibility index (Phi) is 5.57. The number of rotatable bonds is 5. The van der Waals surface area contributed by atoms with Gasteiger partial charge in [0.05, 0.1) is 17.2 Å². The molecular weight excluding hydrogens is 289 g/mol. The number of nitrogens with zero attached hydrogens (tertiary/aromatic N) is 1. The number of nitriles is 1. The van der Waals surface area contributed by atoms with Crippen molar-refractivity contribution < 1.29 is 17.4 Å². The summed E-state index contributed by atoms with van der Waals surface area (Å²) in [6.07, 6.45) is -2.29. The number of benzene rings is 1. The highest BCUT2D eigenvalue weighted by molar-refractivity contribution is 7.84. The number of halogens is 3. The van der Waals surface area contributed by atoms with Crippen molar-refractivity contribution in [1.82, 2.24) is 0 Å². The second kappa shape index (κ2) is 6.75. The van der Waals surface area contributed by atoms with Crippen molar-refractivity contribution in [3.8, 4) is 6.07 Å². The van der Waals surface area contributed by atoms with E-state index in [4.69, 9.17) is 5.26 Å². The van der Waals surface area contributed by atoms with Gasteiger partial charge in [0.2, 0.25) is 0 Å². The van der Waals surface area contributed by atoms with Crippen molar-refractivity contribution in [2.75, 3.05) is 18.1 Å². The Morgan fingerprint density at radius 2 is 2.10 bits per heavy atom. The van der Waals surface area contributed by atoms with Gasteiger partial charge in [-0.2, -0.15) is 18.4 Å². The third-order valence-corrected chi connectivity index (χ3v) is 4.26. The maximum Gasteiger partial charge on any atom is 0.417 e. The lowest BCUT2D eigenvalue weighted by atomic mass is 10.1. The number of alkyl halides is 3. The monoisotopic (exact) mass is 304 g/mol. The van der Waals surface area contributed by atoms with Gasteiger partial charge in [0.15, 0.2) is 0 Å². The normalized spacial score (nSPS) is 14.4. The van der Waals surface area contributed by atoms with E-state index in [0.29, 0.717) is 18.7 Å². The second-order valence-electron chi connectivity index (χ2n) is 4.39. The number of anilines is 1. The van der Waals surface area contributed by atoms with Crippen LogP contribution in [-0.2, 0) is 17.0 Å². The summed E-state index contributed by atoms with van der Waals surface area (Å²) in [5, 5.41) is 11.7. The Morgan fingerprint density at radius 3 is 2.60 bits per heavy atom. The quantitative estimate of drug-likeness (QED) is 0.909. The fraction of sp³-hybridized carbons (Fsp3) is 0.462. The van der Waals surface area contributed by atoms with Gasteiger partial charge in [-0.15, -0.1) is 0 Å². The molecule has 3 nitrogen and oxygen atoms in total. The van der Waals surface area contributed by atoms with E-state index in [1.165, 1.54) is 12.1 Å². The average Bonchev–Trinajstić information content (AvgIpc) is 2.36. The molecule has 1 rings (SSSR count). The van der Waals surface area contributed by atoms with Gasteiger partial charge in [-0.3, -0.25) is 4.21 Å². The van der Waals surface area contributed by atoms with E-state index in [9.17, 15) is 17.4 Å². The first kappa shape index (κ1) is 16.5. The lowest BCUT2D eigenvalue weighted by Crippen LogP contribution is -2.15. The molecule has 0 spiro atoms. The van der Waals surface area contributed by atoms with Gasteiger partial charge in [-0.05, 0) is 24.6 Å². The molecule has 2 unspecified atom stereocenters. The fourth-order valence-corrected chi connectivity index (χ4v) is 2.03. The molecule has 110 valence electrons. The molecule has 0 saturated carbocycles. The minimum atomic E-state index is -4.53. The molecule has 0 heterocycles. The van der Waals surface area contributed by atoms with Crippen LogP contribution in [0, 0.1) is 11.3 Å². The molecule has 1 N–H and O–H groups in total. The summed E-state index contributed by atoms with van der Waals surface area (Å²) in [6, 6.07) is 4.91. The van der Waals surface area contributed by atoms with Gasteiger partial charge < -0.3 is 5.32 Å². The molecular formula is C13H15F3N2OS. The highest BCUT2D eigenvalue weighted by Gasteiger charge is 2.33. The van der Waals surface area contributed by atoms with Crippen molar-refractivity contribution in [3.05, 3.63) is 29.3 Å². The Labute approximate surface area is 118 Å². The molecule has 0 aliphatic heterocycles. The molecule has 0 fully saturated rings. The smallest absolute Gasteiger partial charge is 0.385 e. The summed E-state index contributed by atoms with van der Waals surface area (Å²) in [7, 11) is -0.931. The van der Waals surface area contributed by atoms with Crippen LogP contribution < -0.4 is 5.32 Å². The van der Waals surface area contributed by atoms with Crippen LogP contribution in [0.4, 0.5) is 18.9 Å². The van der Waals surface area contributed by atoms with Gasteiger partial charge in [0.25, 0.3) is 0 Å². The topological polar surface area (TPSA) is 52.9 Å². The highest BCUT2D eigenvalue weighted by atomic mass is 32.2. The maximum atomic E-state index is 12.6. The molecule has 0 aromatic heterocycles. The van der Waals surface area contributed by atoms with Crippen molar-refractivity contribution >= 4 is 16.5 Å². The van der Waals surface area contributed by atoms with E-state index >= 15 is 0 Å². The zero-order valence-corrected chi connectivity index (χ0v) is 11.9. The molecule has 1 aromatic carbocycles. The number of hydrogen-bond acceptors (Lipinski definition) is 3. The Morgan fingerprint density at radius 1 is 1.45 bits per heavy atom. The standard InChI is InChI=1S/C13H15F3N2OS/c1-9(20(2)19)5-6-18-11-3-4-12(13(14,15)16)10(7-11)8-17/h3-4,7,9,18H,5-6H2,1-2H3. The van der Waals surface area contributed by atoms with Crippen LogP contribution in [0.1, 0.15) is 24.5 Å². The Bertz CT molecular complexity index is 537. The van der Waals surface area contributed by atoms with Gasteiger partial charge in [0, 0.05) is 34.5 Å². The molecule has 1 aromatic rings. The van der Waals surface area contributed by atoms with Crippen LogP contribution in [0.25, 0.3) is 0 Å². The summed E-state index contributed by atoms with van der Waals surface area (Å²) in [5.41, 5.74) is -0.896. The Hall–Kier alpha value is -1.55. The summed E-state index contributed by atoms with van der Waals surface area (Å²) in [5.74, 6) is 0. The van der Waals surface area contributed by atoms with E-state index < -0.39 is 28.1 Å². The van der Waals surface area contributed by atoms with Crippen LogP contribution in [-0.4, -0.2) is 22.3 Å². The number of hydrogen-bond donors (Lipinski definition) is 1. The zero-order valence-electron chi connectivity index (χ0n) is 11.1. The van der Waals surface area contributed by atoms with Crippen LogP contribution >= 0.6 is 0 Å². The first-order valence-corrected chi connectivity index (χ1v) is 7.55. The predicted octanol–water partition coefficient (Wildman–Crippen LogP) is 3.15. The molecule has 2 atom stereocenters. The van der Waals surface area contributed by atoms with Gasteiger partial charge in [-0.1, -0.05) is 6.92 Å². The Balaban J connectivity index is 2.75. The average molecular weight is 304 g/mol. The lowest BCUT2D eigenvalue weighted by molar-refractivity contribution is -0.137. The third kappa shape index (κ3) is 4.53. The zero-order chi connectivity index (χ0) is 15.3. The van der Waals surface area contributed by atoms with Crippen molar-refractivity contribution in [3.63, 3.8) is 0 Å². The van der Waals surface area contributed by atoms with E-state index in [2.05, 4.69) is 5.32 Å². The molecule has 0 radical (unpaired) electrons. The van der Waals surface area contributed by atoms with E-state index in [1.54, 1.807) is 12.3 Å². The van der Waals surface area contributed by atoms with Crippen LogP contribution in [0.15, 0.2) is 18.2 Å². The SMILES string of the molecule is CC(CCNc1ccc(C(F)(F)F)c(C#N)c1)S(C)=O. The fourth-order valence-electron chi connectivity index (χ4n) is 1.58. The van der Waals surface area contributed by atoms with Crippen molar-refractivity contribution in [2.45, 2.75) is 24.8 Å². The van der Waals surface area contributed by atoms with E-state index in [1.807, 2.05) is 6.92 Å². The van der Waals surface area contributed by atoms with Crippen LogP contribution in [0.3, 0.4) is 0 Å². The number of nitrogens with one attached hydrogen (secondary N) is 1. The molecule has 0 aliphatic rings. The minimum Gasteiger partial charge on any atom is -0.385 e. The minimum absolute atomic E-state index is 0.00684. The van der Waals surface area contributed by atoms with E-state index in [0.717, 1.165) is 6.07 Å². The highest BCUT2D eigenvalue weighted by Crippen LogP contribution is 2.32. The summed E-state index contributed by atoms with van der Waals surface area (Å²) >= 11 is 0. The van der Waals surface area contributed by atoms with Gasteiger partial charge in [-0.25, -0.2) is 0 Å². The molecule has 20 heavy (non-hydrogen) atoms. The molecule has 0 saturated heterocycles. The molecule has 0 amide bonds. The van der Waals surface area contributed by atoms with Gasteiger partial charge >= 0.3 is 6.18 Å². The first-order chi connectivity index (χ1) is 9.25. The largest absolute Gasteiger partial charge is 0.417 e. The second-order valence-corrected chi connectivity index (χ2v) is 6.20.